The van der Waals surface area contributed by atoms with Crippen LogP contribution in [0.25, 0.3) is 0 Å². The predicted molar refractivity (Wildman–Crippen MR) is 136 cm³/mol. The third kappa shape index (κ3) is 5.55. The van der Waals surface area contributed by atoms with Crippen LogP contribution in [-0.4, -0.2) is 91.2 Å². The first kappa shape index (κ1) is 25.7. The molecule has 0 N–H and O–H groups in total. The number of aryl methyl sites for hydroxylation is 2. The van der Waals surface area contributed by atoms with E-state index >= 15 is 0 Å². The van der Waals surface area contributed by atoms with Crippen molar-refractivity contribution in [2.75, 3.05) is 61.2 Å². The van der Waals surface area contributed by atoms with Crippen LogP contribution in [-0.2, 0) is 13.0 Å². The molecule has 1 aromatic heterocycles. The van der Waals surface area contributed by atoms with Gasteiger partial charge in [0.1, 0.15) is 17.5 Å². The van der Waals surface area contributed by atoms with Crippen LogP contribution >= 0.6 is 0 Å². The zero-order valence-electron chi connectivity index (χ0n) is 21.8. The third-order valence-electron chi connectivity index (χ3n) is 6.82. The van der Waals surface area contributed by atoms with E-state index in [0.29, 0.717) is 18.0 Å². The standard InChI is InChI=1S/C26H36N6O4/c1-6-30-13-15-31(16-14-30)25(21-18-20(33-2)8-10-22(21)34-3)26-27-28-29-32(26)12-11-19-7-9-23(35-4)24(17-19)36-5/h7-10,17-18,25H,6,11-16H2,1-5H3/t25-/m0/s1. The Hall–Kier alpha value is -3.37. The van der Waals surface area contributed by atoms with Crippen molar-refractivity contribution in [3.63, 3.8) is 0 Å². The normalized spacial score (nSPS) is 15.5. The summed E-state index contributed by atoms with van der Waals surface area (Å²) in [5.74, 6) is 3.76. The maximum atomic E-state index is 5.78. The third-order valence-corrected chi connectivity index (χ3v) is 6.82. The molecule has 10 nitrogen and oxygen atoms in total. The number of piperazine rings is 1. The van der Waals surface area contributed by atoms with Crippen LogP contribution in [0.5, 0.6) is 23.0 Å². The molecule has 2 heterocycles. The van der Waals surface area contributed by atoms with Crippen LogP contribution in [0, 0.1) is 0 Å². The fourth-order valence-corrected chi connectivity index (χ4v) is 4.73. The van der Waals surface area contributed by atoms with Crippen LogP contribution in [0.2, 0.25) is 0 Å². The summed E-state index contributed by atoms with van der Waals surface area (Å²) in [6.07, 6.45) is 0.740. The molecule has 4 rings (SSSR count). The Morgan fingerprint density at radius 2 is 1.56 bits per heavy atom. The predicted octanol–water partition coefficient (Wildman–Crippen LogP) is 2.68. The highest BCUT2D eigenvalue weighted by Gasteiger charge is 2.32. The van der Waals surface area contributed by atoms with Crippen LogP contribution in [0.1, 0.15) is 29.9 Å². The summed E-state index contributed by atoms with van der Waals surface area (Å²) in [6.45, 7) is 7.66. The molecule has 3 aromatic rings. The van der Waals surface area contributed by atoms with Crippen molar-refractivity contribution in [3.05, 3.63) is 53.3 Å². The van der Waals surface area contributed by atoms with Gasteiger partial charge in [-0.05, 0) is 59.3 Å². The Bertz CT molecular complexity index is 1130. The minimum atomic E-state index is -0.172. The zero-order valence-corrected chi connectivity index (χ0v) is 21.8. The monoisotopic (exact) mass is 496 g/mol. The van der Waals surface area contributed by atoms with Crippen molar-refractivity contribution in [2.45, 2.75) is 25.9 Å². The van der Waals surface area contributed by atoms with Gasteiger partial charge in [-0.25, -0.2) is 4.68 Å². The maximum absolute atomic E-state index is 5.78. The second-order valence-corrected chi connectivity index (χ2v) is 8.68. The second-order valence-electron chi connectivity index (χ2n) is 8.68. The van der Waals surface area contributed by atoms with Crippen LogP contribution < -0.4 is 18.9 Å². The fourth-order valence-electron chi connectivity index (χ4n) is 4.73. The van der Waals surface area contributed by atoms with Gasteiger partial charge in [0.05, 0.1) is 28.4 Å². The van der Waals surface area contributed by atoms with Crippen molar-refractivity contribution in [2.24, 2.45) is 0 Å². The van der Waals surface area contributed by atoms with E-state index in [1.165, 1.54) is 0 Å². The molecule has 1 aliphatic rings. The zero-order chi connectivity index (χ0) is 25.5. The van der Waals surface area contributed by atoms with E-state index < -0.39 is 0 Å². The Morgan fingerprint density at radius 1 is 0.833 bits per heavy atom. The summed E-state index contributed by atoms with van der Waals surface area (Å²) < 4.78 is 24.1. The smallest absolute Gasteiger partial charge is 0.173 e. The van der Waals surface area contributed by atoms with Gasteiger partial charge in [-0.15, -0.1) is 5.10 Å². The van der Waals surface area contributed by atoms with Crippen molar-refractivity contribution < 1.29 is 18.9 Å². The molecule has 0 unspecified atom stereocenters. The first-order valence-corrected chi connectivity index (χ1v) is 12.3. The molecule has 0 spiro atoms. The van der Waals surface area contributed by atoms with Gasteiger partial charge in [-0.2, -0.15) is 0 Å². The van der Waals surface area contributed by atoms with Crippen LogP contribution in [0.4, 0.5) is 0 Å². The van der Waals surface area contributed by atoms with E-state index in [0.717, 1.165) is 67.6 Å². The molecular formula is C26H36N6O4. The average Bonchev–Trinajstić information content (AvgIpc) is 3.40. The number of ether oxygens (including phenoxy) is 4. The summed E-state index contributed by atoms with van der Waals surface area (Å²) in [6, 6.07) is 11.7. The van der Waals surface area contributed by atoms with Crippen molar-refractivity contribution >= 4 is 0 Å². The number of hydrogen-bond donors (Lipinski definition) is 0. The molecule has 10 heteroatoms. The number of benzene rings is 2. The summed E-state index contributed by atoms with van der Waals surface area (Å²) >= 11 is 0. The number of methoxy groups -OCH3 is 4. The van der Waals surface area contributed by atoms with E-state index in [1.807, 2.05) is 41.1 Å². The van der Waals surface area contributed by atoms with Gasteiger partial charge in [0.2, 0.25) is 0 Å². The number of hydrogen-bond acceptors (Lipinski definition) is 9. The highest BCUT2D eigenvalue weighted by Crippen LogP contribution is 2.37. The Balaban J connectivity index is 1.66. The number of aromatic nitrogens is 4. The highest BCUT2D eigenvalue weighted by molar-refractivity contribution is 5.45. The summed E-state index contributed by atoms with van der Waals surface area (Å²) in [7, 11) is 6.65. The molecule has 0 aliphatic carbocycles. The average molecular weight is 497 g/mol. The van der Waals surface area contributed by atoms with Gasteiger partial charge in [-0.1, -0.05) is 13.0 Å². The van der Waals surface area contributed by atoms with Gasteiger partial charge in [0.25, 0.3) is 0 Å². The molecule has 36 heavy (non-hydrogen) atoms. The molecule has 0 radical (unpaired) electrons. The fraction of sp³-hybridized carbons (Fsp3) is 0.500. The lowest BCUT2D eigenvalue weighted by Gasteiger charge is -2.38. The molecule has 1 aliphatic heterocycles. The molecule has 0 amide bonds. The lowest BCUT2D eigenvalue weighted by molar-refractivity contribution is 0.107. The van der Waals surface area contributed by atoms with E-state index in [1.54, 1.807) is 28.4 Å². The molecule has 0 saturated carbocycles. The minimum absolute atomic E-state index is 0.172. The highest BCUT2D eigenvalue weighted by atomic mass is 16.5. The molecular weight excluding hydrogens is 460 g/mol. The molecule has 0 bridgehead atoms. The molecule has 194 valence electrons. The SMILES string of the molecule is CCN1CCN([C@@H](c2cc(OC)ccc2OC)c2nnnn2CCc2ccc(OC)c(OC)c2)CC1. The van der Waals surface area contributed by atoms with Crippen LogP contribution in [0.15, 0.2) is 36.4 Å². The Morgan fingerprint density at radius 3 is 2.22 bits per heavy atom. The quantitative estimate of drug-likeness (QED) is 0.398. The number of nitrogens with zero attached hydrogens (tertiary/aromatic N) is 6. The Kier molecular flexibility index (Phi) is 8.61. The largest absolute Gasteiger partial charge is 0.497 e. The lowest BCUT2D eigenvalue weighted by Crippen LogP contribution is -2.48. The topological polar surface area (TPSA) is 87.0 Å². The van der Waals surface area contributed by atoms with E-state index in [9.17, 15) is 0 Å². The van der Waals surface area contributed by atoms with Crippen LogP contribution in [0.3, 0.4) is 0 Å². The van der Waals surface area contributed by atoms with Gasteiger partial charge in [-0.3, -0.25) is 4.90 Å². The molecule has 2 aromatic carbocycles. The van der Waals surface area contributed by atoms with Crippen molar-refractivity contribution in [3.8, 4) is 23.0 Å². The molecule has 1 fully saturated rings. The minimum Gasteiger partial charge on any atom is -0.497 e. The first-order chi connectivity index (χ1) is 17.6. The van der Waals surface area contributed by atoms with Gasteiger partial charge in [0, 0.05) is 38.3 Å². The van der Waals surface area contributed by atoms with Crippen molar-refractivity contribution in [1.29, 1.82) is 0 Å². The summed E-state index contributed by atoms with van der Waals surface area (Å²) in [5, 5.41) is 13.0. The van der Waals surface area contributed by atoms with E-state index in [2.05, 4.69) is 32.2 Å². The maximum Gasteiger partial charge on any atom is 0.173 e. The van der Waals surface area contributed by atoms with E-state index in [4.69, 9.17) is 18.9 Å². The van der Waals surface area contributed by atoms with Gasteiger partial charge >= 0.3 is 0 Å². The number of rotatable bonds is 11. The van der Waals surface area contributed by atoms with Gasteiger partial charge in [0.15, 0.2) is 17.3 Å². The first-order valence-electron chi connectivity index (χ1n) is 12.3. The molecule has 1 saturated heterocycles. The van der Waals surface area contributed by atoms with E-state index in [-0.39, 0.29) is 6.04 Å². The number of tetrazole rings is 1. The van der Waals surface area contributed by atoms with Crippen molar-refractivity contribution in [1.82, 2.24) is 30.0 Å². The lowest BCUT2D eigenvalue weighted by atomic mass is 10.0. The number of likely N-dealkylation sites (N-methyl/N-ethyl adjacent to an activating group) is 1. The molecule has 1 atom stereocenters. The summed E-state index contributed by atoms with van der Waals surface area (Å²) in [4.78, 5) is 4.89. The van der Waals surface area contributed by atoms with Gasteiger partial charge < -0.3 is 23.8 Å². The summed E-state index contributed by atoms with van der Waals surface area (Å²) in [5.41, 5.74) is 2.10. The Labute approximate surface area is 212 Å². The second kappa shape index (κ2) is 12.0.